The van der Waals surface area contributed by atoms with Crippen LogP contribution in [-0.4, -0.2) is 40.4 Å². The Morgan fingerprint density at radius 2 is 1.54 bits per heavy atom. The molecule has 1 saturated heterocycles. The van der Waals surface area contributed by atoms with Gasteiger partial charge in [0.25, 0.3) is 0 Å². The molecule has 1 spiro atoms. The predicted octanol–water partition coefficient (Wildman–Crippen LogP) is 5.32. The van der Waals surface area contributed by atoms with Crippen LogP contribution in [0.15, 0.2) is 103 Å². The summed E-state index contributed by atoms with van der Waals surface area (Å²) in [5.74, 6) is -1.79. The number of esters is 1. The molecule has 7 rings (SSSR count). The molecule has 1 aromatic heterocycles. The fraction of sp³-hybridized carbons (Fsp3) is 0.147. The number of ketones is 3. The Morgan fingerprint density at radius 1 is 0.854 bits per heavy atom. The molecule has 0 unspecified atom stereocenters. The molecule has 0 saturated carbocycles. The molecule has 0 bridgehead atoms. The highest BCUT2D eigenvalue weighted by atomic mass is 16.5. The smallest absolute Gasteiger partial charge is 0.308 e. The fourth-order valence-electron chi connectivity index (χ4n) is 6.87. The van der Waals surface area contributed by atoms with Crippen LogP contribution in [0.1, 0.15) is 55.0 Å². The number of carbonyl (C=O) groups excluding carboxylic acids is 4. The lowest BCUT2D eigenvalue weighted by Crippen LogP contribution is -2.48. The average molecular weight is 541 g/mol. The standard InChI is InChI=1S/C34H24N2O5/c1-20(37)41-24-15-12-22(13-16-24)31(38)30-29(23-8-6-18-35-19-23)34(32(39)25-9-3-4-10-26(25)33(34)40)28-17-14-21-7-2-5-11-27(21)36(28)30/h2-19,28-30H,1H3/t28-,29-,30+/m0/s1. The van der Waals surface area contributed by atoms with Gasteiger partial charge in [-0.3, -0.25) is 24.2 Å². The number of hydrogen-bond donors (Lipinski definition) is 0. The minimum absolute atomic E-state index is 0.253. The summed E-state index contributed by atoms with van der Waals surface area (Å²) in [4.78, 5) is 61.5. The van der Waals surface area contributed by atoms with Gasteiger partial charge in [0, 0.05) is 47.6 Å². The Hall–Kier alpha value is -5.17. The van der Waals surface area contributed by atoms with Gasteiger partial charge in [0.1, 0.15) is 17.2 Å². The number of Topliss-reactive ketones (excluding diaryl/α,β-unsaturated/α-hetero) is 3. The lowest BCUT2D eigenvalue weighted by molar-refractivity contribution is -0.131. The van der Waals surface area contributed by atoms with Crippen molar-refractivity contribution < 1.29 is 23.9 Å². The molecule has 0 N–H and O–H groups in total. The third-order valence-electron chi connectivity index (χ3n) is 8.43. The summed E-state index contributed by atoms with van der Waals surface area (Å²) in [7, 11) is 0. The van der Waals surface area contributed by atoms with E-state index in [-0.39, 0.29) is 17.3 Å². The summed E-state index contributed by atoms with van der Waals surface area (Å²) in [6, 6.07) is 22.9. The Balaban J connectivity index is 1.48. The summed E-state index contributed by atoms with van der Waals surface area (Å²) in [5, 5.41) is 0. The molecule has 41 heavy (non-hydrogen) atoms. The molecule has 0 radical (unpaired) electrons. The fourth-order valence-corrected chi connectivity index (χ4v) is 6.87. The monoisotopic (exact) mass is 540 g/mol. The molecule has 0 amide bonds. The largest absolute Gasteiger partial charge is 0.427 e. The molecule has 1 aliphatic carbocycles. The van der Waals surface area contributed by atoms with E-state index < -0.39 is 29.4 Å². The molecule has 200 valence electrons. The normalized spacial score (nSPS) is 21.4. The Kier molecular flexibility index (Phi) is 5.57. The summed E-state index contributed by atoms with van der Waals surface area (Å²) in [5.41, 5.74) is 1.85. The van der Waals surface area contributed by atoms with Crippen LogP contribution in [0, 0.1) is 5.41 Å². The first-order valence-corrected chi connectivity index (χ1v) is 13.4. The van der Waals surface area contributed by atoms with Gasteiger partial charge in [0.2, 0.25) is 0 Å². The van der Waals surface area contributed by atoms with Crippen LogP contribution in [0.4, 0.5) is 5.69 Å². The number of nitrogens with zero attached hydrogens (tertiary/aromatic N) is 2. The van der Waals surface area contributed by atoms with Crippen LogP contribution in [0.5, 0.6) is 5.75 Å². The van der Waals surface area contributed by atoms with Crippen LogP contribution in [0.2, 0.25) is 0 Å². The number of hydrogen-bond acceptors (Lipinski definition) is 7. The highest BCUT2D eigenvalue weighted by molar-refractivity contribution is 6.32. The Morgan fingerprint density at radius 3 is 2.20 bits per heavy atom. The molecule has 7 heteroatoms. The lowest BCUT2D eigenvalue weighted by Gasteiger charge is -2.37. The number of pyridine rings is 1. The van der Waals surface area contributed by atoms with E-state index >= 15 is 0 Å². The van der Waals surface area contributed by atoms with Crippen molar-refractivity contribution in [1.82, 2.24) is 4.98 Å². The molecule has 3 heterocycles. The van der Waals surface area contributed by atoms with Crippen molar-refractivity contribution in [2.24, 2.45) is 5.41 Å². The van der Waals surface area contributed by atoms with Crippen LogP contribution < -0.4 is 9.64 Å². The molecule has 2 aliphatic heterocycles. The lowest BCUT2D eigenvalue weighted by atomic mass is 9.64. The van der Waals surface area contributed by atoms with Gasteiger partial charge >= 0.3 is 5.97 Å². The first-order chi connectivity index (χ1) is 19.9. The number of fused-ring (bicyclic) bond motifs is 5. The van der Waals surface area contributed by atoms with Gasteiger partial charge in [-0.25, -0.2) is 0 Å². The van der Waals surface area contributed by atoms with Crippen molar-refractivity contribution in [3.63, 3.8) is 0 Å². The molecular weight excluding hydrogens is 516 g/mol. The SMILES string of the molecule is CC(=O)Oc1ccc(C(=O)[C@H]2[C@H](c3cccnc3)C3(C(=O)c4ccccc4C3=O)[C@@H]3C=Cc4ccccc4N32)cc1. The maximum Gasteiger partial charge on any atom is 0.308 e. The first kappa shape index (κ1) is 24.8. The van der Waals surface area contributed by atoms with Crippen molar-refractivity contribution in [3.8, 4) is 5.75 Å². The zero-order valence-electron chi connectivity index (χ0n) is 22.1. The molecule has 4 aromatic rings. The van der Waals surface area contributed by atoms with Gasteiger partial charge in [-0.1, -0.05) is 60.7 Å². The van der Waals surface area contributed by atoms with Crippen molar-refractivity contribution in [3.05, 3.63) is 131 Å². The highest BCUT2D eigenvalue weighted by Gasteiger charge is 2.71. The summed E-state index contributed by atoms with van der Waals surface area (Å²) in [6.07, 6.45) is 7.10. The van der Waals surface area contributed by atoms with Gasteiger partial charge in [-0.2, -0.15) is 0 Å². The first-order valence-electron chi connectivity index (χ1n) is 13.4. The molecule has 3 aromatic carbocycles. The molecular formula is C34H24N2O5. The van der Waals surface area contributed by atoms with Crippen molar-refractivity contribution in [2.75, 3.05) is 4.90 Å². The van der Waals surface area contributed by atoms with E-state index in [2.05, 4.69) is 4.98 Å². The number of ether oxygens (including phenoxy) is 1. The molecule has 3 atom stereocenters. The number of aromatic nitrogens is 1. The summed E-state index contributed by atoms with van der Waals surface area (Å²) < 4.78 is 5.17. The van der Waals surface area contributed by atoms with E-state index in [1.165, 1.54) is 6.92 Å². The van der Waals surface area contributed by atoms with E-state index in [0.717, 1.165) is 11.3 Å². The number of benzene rings is 3. The van der Waals surface area contributed by atoms with Gasteiger partial charge in [-0.15, -0.1) is 0 Å². The second kappa shape index (κ2) is 9.20. The maximum atomic E-state index is 14.6. The average Bonchev–Trinajstić information content (AvgIpc) is 3.43. The third kappa shape index (κ3) is 3.48. The van der Waals surface area contributed by atoms with E-state index in [9.17, 15) is 19.2 Å². The van der Waals surface area contributed by atoms with Crippen LogP contribution in [-0.2, 0) is 4.79 Å². The van der Waals surface area contributed by atoms with Crippen molar-refractivity contribution in [2.45, 2.75) is 24.9 Å². The quantitative estimate of drug-likeness (QED) is 0.150. The second-order valence-electron chi connectivity index (χ2n) is 10.5. The van der Waals surface area contributed by atoms with Gasteiger partial charge in [0.05, 0.1) is 6.04 Å². The van der Waals surface area contributed by atoms with E-state index in [1.807, 2.05) is 47.4 Å². The van der Waals surface area contributed by atoms with Gasteiger partial charge < -0.3 is 9.64 Å². The van der Waals surface area contributed by atoms with E-state index in [1.54, 1.807) is 67.0 Å². The third-order valence-corrected chi connectivity index (χ3v) is 8.43. The van der Waals surface area contributed by atoms with Crippen LogP contribution in [0.3, 0.4) is 0 Å². The minimum Gasteiger partial charge on any atom is -0.427 e. The molecule has 7 nitrogen and oxygen atoms in total. The molecule has 3 aliphatic rings. The van der Waals surface area contributed by atoms with Gasteiger partial charge in [0.15, 0.2) is 17.3 Å². The number of carbonyl (C=O) groups is 4. The topological polar surface area (TPSA) is 93.6 Å². The van der Waals surface area contributed by atoms with Gasteiger partial charge in [-0.05, 0) is 47.5 Å². The molecule has 1 fully saturated rings. The highest BCUT2D eigenvalue weighted by Crippen LogP contribution is 2.60. The number of anilines is 1. The predicted molar refractivity (Wildman–Crippen MR) is 152 cm³/mol. The van der Waals surface area contributed by atoms with Crippen LogP contribution in [0.25, 0.3) is 6.08 Å². The Bertz CT molecular complexity index is 1740. The summed E-state index contributed by atoms with van der Waals surface area (Å²) >= 11 is 0. The second-order valence-corrected chi connectivity index (χ2v) is 10.5. The van der Waals surface area contributed by atoms with E-state index in [0.29, 0.717) is 28.0 Å². The van der Waals surface area contributed by atoms with Crippen LogP contribution >= 0.6 is 0 Å². The van der Waals surface area contributed by atoms with Crippen molar-refractivity contribution in [1.29, 1.82) is 0 Å². The number of rotatable bonds is 4. The maximum absolute atomic E-state index is 14.6. The summed E-state index contributed by atoms with van der Waals surface area (Å²) in [6.45, 7) is 1.31. The zero-order chi connectivity index (χ0) is 28.3. The Labute approximate surface area is 236 Å². The van der Waals surface area contributed by atoms with E-state index in [4.69, 9.17) is 4.74 Å². The minimum atomic E-state index is -1.57. The zero-order valence-corrected chi connectivity index (χ0v) is 22.1. The number of para-hydroxylation sites is 1. The van der Waals surface area contributed by atoms with Crippen molar-refractivity contribution >= 4 is 35.1 Å².